The molecular formula is C12H24N2O. The van der Waals surface area contributed by atoms with Crippen LogP contribution in [0.3, 0.4) is 0 Å². The molecule has 0 spiro atoms. The van der Waals surface area contributed by atoms with E-state index in [1.165, 1.54) is 45.1 Å². The Hall–Kier alpha value is -0.120. The molecule has 0 aromatic carbocycles. The maximum Gasteiger partial charge on any atom is 0.0698 e. The van der Waals surface area contributed by atoms with Crippen molar-refractivity contribution in [3.8, 4) is 0 Å². The molecule has 1 saturated heterocycles. The molecule has 0 aromatic heterocycles. The van der Waals surface area contributed by atoms with Gasteiger partial charge in [0.15, 0.2) is 0 Å². The fourth-order valence-corrected chi connectivity index (χ4v) is 2.67. The smallest absolute Gasteiger partial charge is 0.0698 e. The van der Waals surface area contributed by atoms with Gasteiger partial charge in [-0.3, -0.25) is 0 Å². The average molecular weight is 212 g/mol. The van der Waals surface area contributed by atoms with Gasteiger partial charge in [0.05, 0.1) is 6.10 Å². The topological polar surface area (TPSA) is 38.5 Å². The first-order chi connectivity index (χ1) is 7.22. The summed E-state index contributed by atoms with van der Waals surface area (Å²) in [5.74, 6) is 0. The summed E-state index contributed by atoms with van der Waals surface area (Å²) in [5.41, 5.74) is 6.41. The van der Waals surface area contributed by atoms with E-state index in [0.29, 0.717) is 6.10 Å². The van der Waals surface area contributed by atoms with Crippen LogP contribution in [0.25, 0.3) is 0 Å². The van der Waals surface area contributed by atoms with Gasteiger partial charge in [0, 0.05) is 19.2 Å². The molecule has 88 valence electrons. The molecule has 0 bridgehead atoms. The number of nitrogens with two attached hydrogens (primary N) is 1. The molecular weight excluding hydrogens is 188 g/mol. The summed E-state index contributed by atoms with van der Waals surface area (Å²) in [7, 11) is 1.82. The fraction of sp³-hybridized carbons (Fsp3) is 1.00. The number of piperidine rings is 1. The lowest BCUT2D eigenvalue weighted by molar-refractivity contribution is 0.0267. The van der Waals surface area contributed by atoms with Gasteiger partial charge in [-0.25, -0.2) is 0 Å². The molecule has 15 heavy (non-hydrogen) atoms. The van der Waals surface area contributed by atoms with Gasteiger partial charge in [-0.15, -0.1) is 0 Å². The van der Waals surface area contributed by atoms with Crippen molar-refractivity contribution in [2.45, 2.75) is 50.2 Å². The zero-order chi connectivity index (χ0) is 10.7. The largest absolute Gasteiger partial charge is 0.380 e. The molecule has 0 radical (unpaired) electrons. The van der Waals surface area contributed by atoms with Crippen LogP contribution in [-0.2, 0) is 4.74 Å². The van der Waals surface area contributed by atoms with E-state index >= 15 is 0 Å². The third kappa shape index (κ3) is 2.92. The van der Waals surface area contributed by atoms with Crippen molar-refractivity contribution in [3.05, 3.63) is 0 Å². The molecule has 3 heteroatoms. The summed E-state index contributed by atoms with van der Waals surface area (Å²) in [5, 5.41) is 0. The van der Waals surface area contributed by atoms with Crippen LogP contribution in [0.15, 0.2) is 0 Å². The van der Waals surface area contributed by atoms with E-state index in [1.54, 1.807) is 0 Å². The number of nitrogens with zero attached hydrogens (tertiary/aromatic N) is 1. The van der Waals surface area contributed by atoms with Crippen LogP contribution in [0.5, 0.6) is 0 Å². The second kappa shape index (κ2) is 4.81. The first-order valence-electron chi connectivity index (χ1n) is 6.26. The van der Waals surface area contributed by atoms with Crippen LogP contribution in [0.1, 0.15) is 38.5 Å². The SMILES string of the molecule is COC1CCCN(CCC2(N)CCC2)C1. The van der Waals surface area contributed by atoms with Crippen LogP contribution in [0.4, 0.5) is 0 Å². The molecule has 2 rings (SSSR count). The molecule has 0 amide bonds. The van der Waals surface area contributed by atoms with E-state index in [9.17, 15) is 0 Å². The molecule has 1 aliphatic carbocycles. The van der Waals surface area contributed by atoms with E-state index in [4.69, 9.17) is 10.5 Å². The minimum absolute atomic E-state index is 0.181. The van der Waals surface area contributed by atoms with Gasteiger partial charge in [0.25, 0.3) is 0 Å². The summed E-state index contributed by atoms with van der Waals surface area (Å²) in [4.78, 5) is 2.52. The van der Waals surface area contributed by atoms with E-state index in [0.717, 1.165) is 13.1 Å². The van der Waals surface area contributed by atoms with E-state index in [2.05, 4.69) is 4.90 Å². The van der Waals surface area contributed by atoms with Gasteiger partial charge in [-0.2, -0.15) is 0 Å². The van der Waals surface area contributed by atoms with Crippen molar-refractivity contribution < 1.29 is 4.74 Å². The molecule has 1 saturated carbocycles. The molecule has 1 heterocycles. The average Bonchev–Trinajstić information content (AvgIpc) is 2.24. The number of methoxy groups -OCH3 is 1. The summed E-state index contributed by atoms with van der Waals surface area (Å²) in [6.45, 7) is 3.50. The molecule has 1 unspecified atom stereocenters. The zero-order valence-corrected chi connectivity index (χ0v) is 9.87. The van der Waals surface area contributed by atoms with Crippen LogP contribution in [-0.4, -0.2) is 43.3 Å². The normalized spacial score (nSPS) is 31.2. The third-order valence-corrected chi connectivity index (χ3v) is 4.07. The number of hydrogen-bond donors (Lipinski definition) is 1. The number of rotatable bonds is 4. The van der Waals surface area contributed by atoms with Crippen LogP contribution in [0, 0.1) is 0 Å². The standard InChI is InChI=1S/C12H24N2O/c1-15-11-4-2-8-14(10-11)9-7-12(13)5-3-6-12/h11H,2-10,13H2,1H3. The Morgan fingerprint density at radius 1 is 1.40 bits per heavy atom. The van der Waals surface area contributed by atoms with E-state index < -0.39 is 0 Å². The summed E-state index contributed by atoms with van der Waals surface area (Å²) >= 11 is 0. The number of likely N-dealkylation sites (tertiary alicyclic amines) is 1. The Labute approximate surface area is 93.0 Å². The predicted molar refractivity (Wildman–Crippen MR) is 61.9 cm³/mol. The van der Waals surface area contributed by atoms with Gasteiger partial charge in [-0.1, -0.05) is 0 Å². The highest BCUT2D eigenvalue weighted by molar-refractivity contribution is 4.93. The molecule has 3 nitrogen and oxygen atoms in total. The Balaban J connectivity index is 1.69. The molecule has 2 N–H and O–H groups in total. The van der Waals surface area contributed by atoms with Gasteiger partial charge >= 0.3 is 0 Å². The minimum atomic E-state index is 0.181. The van der Waals surface area contributed by atoms with Crippen LogP contribution >= 0.6 is 0 Å². The van der Waals surface area contributed by atoms with E-state index in [1.807, 2.05) is 7.11 Å². The Morgan fingerprint density at radius 3 is 2.80 bits per heavy atom. The van der Waals surface area contributed by atoms with Crippen molar-refractivity contribution >= 4 is 0 Å². The van der Waals surface area contributed by atoms with Crippen LogP contribution in [0.2, 0.25) is 0 Å². The molecule has 2 aliphatic rings. The van der Waals surface area contributed by atoms with Crippen molar-refractivity contribution in [1.29, 1.82) is 0 Å². The van der Waals surface area contributed by atoms with Gasteiger partial charge < -0.3 is 15.4 Å². The summed E-state index contributed by atoms with van der Waals surface area (Å²) in [6, 6.07) is 0. The second-order valence-electron chi connectivity index (χ2n) is 5.27. The Kier molecular flexibility index (Phi) is 3.65. The third-order valence-electron chi connectivity index (χ3n) is 4.07. The first-order valence-corrected chi connectivity index (χ1v) is 6.26. The second-order valence-corrected chi connectivity index (χ2v) is 5.27. The number of ether oxygens (including phenoxy) is 1. The number of hydrogen-bond acceptors (Lipinski definition) is 3. The van der Waals surface area contributed by atoms with Crippen molar-refractivity contribution in [2.24, 2.45) is 5.73 Å². The summed E-state index contributed by atoms with van der Waals surface area (Å²) in [6.07, 6.45) is 7.91. The Bertz CT molecular complexity index is 204. The molecule has 2 fully saturated rings. The predicted octanol–water partition coefficient (Wildman–Crippen LogP) is 1.37. The maximum atomic E-state index is 6.23. The monoisotopic (exact) mass is 212 g/mol. The minimum Gasteiger partial charge on any atom is -0.380 e. The highest BCUT2D eigenvalue weighted by atomic mass is 16.5. The first kappa shape index (κ1) is 11.4. The van der Waals surface area contributed by atoms with Crippen molar-refractivity contribution in [2.75, 3.05) is 26.7 Å². The zero-order valence-electron chi connectivity index (χ0n) is 9.87. The lowest BCUT2D eigenvalue weighted by atomic mass is 9.75. The highest BCUT2D eigenvalue weighted by Crippen LogP contribution is 2.32. The lowest BCUT2D eigenvalue weighted by Crippen LogP contribution is -2.50. The molecule has 1 atom stereocenters. The van der Waals surface area contributed by atoms with Crippen molar-refractivity contribution in [1.82, 2.24) is 4.90 Å². The maximum absolute atomic E-state index is 6.23. The van der Waals surface area contributed by atoms with E-state index in [-0.39, 0.29) is 5.54 Å². The highest BCUT2D eigenvalue weighted by Gasteiger charge is 2.32. The quantitative estimate of drug-likeness (QED) is 0.765. The summed E-state index contributed by atoms with van der Waals surface area (Å²) < 4.78 is 5.42. The Morgan fingerprint density at radius 2 is 2.20 bits per heavy atom. The molecule has 0 aromatic rings. The molecule has 1 aliphatic heterocycles. The lowest BCUT2D eigenvalue weighted by Gasteiger charge is -2.41. The van der Waals surface area contributed by atoms with Gasteiger partial charge in [0.2, 0.25) is 0 Å². The van der Waals surface area contributed by atoms with Gasteiger partial charge in [0.1, 0.15) is 0 Å². The van der Waals surface area contributed by atoms with Gasteiger partial charge in [-0.05, 0) is 51.6 Å². The van der Waals surface area contributed by atoms with Crippen LogP contribution < -0.4 is 5.73 Å². The van der Waals surface area contributed by atoms with Crippen molar-refractivity contribution in [3.63, 3.8) is 0 Å². The fourth-order valence-electron chi connectivity index (χ4n) is 2.67.